The van der Waals surface area contributed by atoms with Crippen molar-refractivity contribution in [2.24, 2.45) is 0 Å². The normalized spacial score (nSPS) is 44.7. The lowest BCUT2D eigenvalue weighted by Gasteiger charge is -2.36. The van der Waals surface area contributed by atoms with Crippen molar-refractivity contribution in [1.29, 1.82) is 0 Å². The molecule has 0 spiro atoms. The van der Waals surface area contributed by atoms with Crippen LogP contribution in [0.5, 0.6) is 0 Å². The average molecular weight is 154 g/mol. The molecule has 2 unspecified atom stereocenters. The topological polar surface area (TPSA) is 15.3 Å². The van der Waals surface area contributed by atoms with E-state index in [4.69, 9.17) is 0 Å². The molecule has 0 radical (unpaired) electrons. The van der Waals surface area contributed by atoms with Crippen molar-refractivity contribution in [2.75, 3.05) is 14.1 Å². The zero-order chi connectivity index (χ0) is 7.84. The molecule has 2 atom stereocenters. The van der Waals surface area contributed by atoms with Gasteiger partial charge >= 0.3 is 0 Å². The van der Waals surface area contributed by atoms with E-state index >= 15 is 0 Å². The molecule has 0 aromatic carbocycles. The number of nitrogens with zero attached hydrogens (tertiary/aromatic N) is 1. The Kier molecular flexibility index (Phi) is 1.90. The van der Waals surface area contributed by atoms with Gasteiger partial charge in [0.15, 0.2) is 0 Å². The maximum atomic E-state index is 3.40. The predicted octanol–water partition coefficient (Wildman–Crippen LogP) is 0.831. The summed E-state index contributed by atoms with van der Waals surface area (Å²) in [5.41, 5.74) is 0. The molecular formula is C9H18N2. The minimum atomic E-state index is 0.795. The Bertz CT molecular complexity index is 132. The molecule has 2 heteroatoms. The summed E-state index contributed by atoms with van der Waals surface area (Å²) < 4.78 is 0. The Morgan fingerprint density at radius 1 is 1.18 bits per heavy atom. The lowest BCUT2D eigenvalue weighted by atomic mass is 9.98. The molecule has 0 aliphatic carbocycles. The Balaban J connectivity index is 2.02. The summed E-state index contributed by atoms with van der Waals surface area (Å²) in [7, 11) is 4.38. The van der Waals surface area contributed by atoms with E-state index < -0.39 is 0 Å². The number of rotatable bonds is 1. The summed E-state index contributed by atoms with van der Waals surface area (Å²) in [5.74, 6) is 0. The van der Waals surface area contributed by atoms with E-state index in [2.05, 4.69) is 24.3 Å². The minimum Gasteiger partial charge on any atom is -0.317 e. The smallest absolute Gasteiger partial charge is 0.0110 e. The van der Waals surface area contributed by atoms with E-state index in [0.717, 1.165) is 18.1 Å². The van der Waals surface area contributed by atoms with Crippen LogP contribution in [0.2, 0.25) is 0 Å². The molecule has 2 aliphatic rings. The Hall–Kier alpha value is -0.0800. The van der Waals surface area contributed by atoms with E-state index in [9.17, 15) is 0 Å². The molecule has 0 amide bonds. The molecule has 2 nitrogen and oxygen atoms in total. The van der Waals surface area contributed by atoms with Crippen molar-refractivity contribution in [2.45, 2.75) is 43.8 Å². The summed E-state index contributed by atoms with van der Waals surface area (Å²) in [6.07, 6.45) is 5.59. The van der Waals surface area contributed by atoms with Gasteiger partial charge in [0.05, 0.1) is 0 Å². The zero-order valence-electron chi connectivity index (χ0n) is 7.51. The number of piperidine rings is 1. The van der Waals surface area contributed by atoms with Crippen molar-refractivity contribution in [1.82, 2.24) is 10.2 Å². The molecule has 11 heavy (non-hydrogen) atoms. The molecule has 2 heterocycles. The van der Waals surface area contributed by atoms with E-state index in [-0.39, 0.29) is 0 Å². The fraction of sp³-hybridized carbons (Fsp3) is 1.00. The third kappa shape index (κ3) is 1.18. The van der Waals surface area contributed by atoms with Gasteiger partial charge in [0.1, 0.15) is 0 Å². The Labute approximate surface area is 69.0 Å². The maximum absolute atomic E-state index is 3.40. The minimum absolute atomic E-state index is 0.795. The number of fused-ring (bicyclic) bond motifs is 2. The van der Waals surface area contributed by atoms with Crippen LogP contribution in [0.1, 0.15) is 25.7 Å². The van der Waals surface area contributed by atoms with Crippen LogP contribution in [0, 0.1) is 0 Å². The van der Waals surface area contributed by atoms with Crippen molar-refractivity contribution in [3.8, 4) is 0 Å². The lowest BCUT2D eigenvalue weighted by Crippen LogP contribution is -2.46. The second kappa shape index (κ2) is 2.76. The first-order valence-electron chi connectivity index (χ1n) is 4.70. The third-order valence-corrected chi connectivity index (χ3v) is 3.51. The quantitative estimate of drug-likeness (QED) is 0.602. The van der Waals surface area contributed by atoms with Crippen LogP contribution in [0.3, 0.4) is 0 Å². The monoisotopic (exact) mass is 154 g/mol. The maximum Gasteiger partial charge on any atom is 0.0110 e. The molecule has 64 valence electrons. The fourth-order valence-electron chi connectivity index (χ4n) is 2.65. The van der Waals surface area contributed by atoms with Gasteiger partial charge in [-0.15, -0.1) is 0 Å². The van der Waals surface area contributed by atoms with E-state index in [1.165, 1.54) is 25.7 Å². The number of hydrogen-bond donors (Lipinski definition) is 1. The molecule has 1 N–H and O–H groups in total. The highest BCUT2D eigenvalue weighted by atomic mass is 15.2. The van der Waals surface area contributed by atoms with Crippen molar-refractivity contribution >= 4 is 0 Å². The summed E-state index contributed by atoms with van der Waals surface area (Å²) in [5, 5.41) is 3.40. The van der Waals surface area contributed by atoms with Crippen LogP contribution < -0.4 is 5.32 Å². The van der Waals surface area contributed by atoms with Gasteiger partial charge in [-0.05, 0) is 39.8 Å². The summed E-state index contributed by atoms with van der Waals surface area (Å²) in [4.78, 5) is 2.58. The lowest BCUT2D eigenvalue weighted by molar-refractivity contribution is 0.152. The van der Waals surface area contributed by atoms with Crippen molar-refractivity contribution in [3.05, 3.63) is 0 Å². The molecule has 0 saturated carbocycles. The van der Waals surface area contributed by atoms with Crippen LogP contribution in [0.4, 0.5) is 0 Å². The first-order valence-corrected chi connectivity index (χ1v) is 4.70. The molecule has 2 aliphatic heterocycles. The SMILES string of the molecule is CNC1CC2CCC(C1)N2C. The second-order valence-electron chi connectivity index (χ2n) is 4.01. The first-order chi connectivity index (χ1) is 5.31. The van der Waals surface area contributed by atoms with Gasteiger partial charge in [0.2, 0.25) is 0 Å². The standard InChI is InChI=1S/C9H18N2/c1-10-7-5-8-3-4-9(6-7)11(8)2/h7-10H,3-6H2,1-2H3. The van der Waals surface area contributed by atoms with Crippen LogP contribution >= 0.6 is 0 Å². The van der Waals surface area contributed by atoms with Crippen LogP contribution in [-0.4, -0.2) is 37.1 Å². The zero-order valence-corrected chi connectivity index (χ0v) is 7.51. The Morgan fingerprint density at radius 2 is 1.73 bits per heavy atom. The van der Waals surface area contributed by atoms with Crippen molar-refractivity contribution < 1.29 is 0 Å². The van der Waals surface area contributed by atoms with Crippen LogP contribution in [0.25, 0.3) is 0 Å². The van der Waals surface area contributed by atoms with Gasteiger partial charge in [-0.3, -0.25) is 0 Å². The highest BCUT2D eigenvalue weighted by Crippen LogP contribution is 2.33. The molecule has 2 fully saturated rings. The Morgan fingerprint density at radius 3 is 2.18 bits per heavy atom. The summed E-state index contributed by atoms with van der Waals surface area (Å²) in [6.45, 7) is 0. The van der Waals surface area contributed by atoms with Crippen LogP contribution in [-0.2, 0) is 0 Å². The van der Waals surface area contributed by atoms with E-state index in [1.807, 2.05) is 0 Å². The third-order valence-electron chi connectivity index (χ3n) is 3.51. The molecule has 2 bridgehead atoms. The molecule has 0 aromatic rings. The number of nitrogens with one attached hydrogen (secondary N) is 1. The van der Waals surface area contributed by atoms with Gasteiger partial charge < -0.3 is 10.2 Å². The highest BCUT2D eigenvalue weighted by Gasteiger charge is 2.37. The fourth-order valence-corrected chi connectivity index (χ4v) is 2.65. The first kappa shape index (κ1) is 7.56. The summed E-state index contributed by atoms with van der Waals surface area (Å²) >= 11 is 0. The predicted molar refractivity (Wildman–Crippen MR) is 46.7 cm³/mol. The van der Waals surface area contributed by atoms with Crippen LogP contribution in [0.15, 0.2) is 0 Å². The summed E-state index contributed by atoms with van der Waals surface area (Å²) in [6, 6.07) is 2.56. The van der Waals surface area contributed by atoms with E-state index in [1.54, 1.807) is 0 Å². The van der Waals surface area contributed by atoms with E-state index in [0.29, 0.717) is 0 Å². The molecular weight excluding hydrogens is 136 g/mol. The van der Waals surface area contributed by atoms with Gasteiger partial charge in [-0.1, -0.05) is 0 Å². The largest absolute Gasteiger partial charge is 0.317 e. The second-order valence-corrected chi connectivity index (χ2v) is 4.01. The average Bonchev–Trinajstić information content (AvgIpc) is 2.26. The highest BCUT2D eigenvalue weighted by molar-refractivity contribution is 4.95. The van der Waals surface area contributed by atoms with Gasteiger partial charge in [-0.2, -0.15) is 0 Å². The molecule has 2 rings (SSSR count). The van der Waals surface area contributed by atoms with Gasteiger partial charge in [0.25, 0.3) is 0 Å². The molecule has 0 aromatic heterocycles. The van der Waals surface area contributed by atoms with Gasteiger partial charge in [-0.25, -0.2) is 0 Å². The van der Waals surface area contributed by atoms with Crippen molar-refractivity contribution in [3.63, 3.8) is 0 Å². The number of hydrogen-bond acceptors (Lipinski definition) is 2. The van der Waals surface area contributed by atoms with Gasteiger partial charge in [0, 0.05) is 18.1 Å². The molecule has 2 saturated heterocycles.